The Bertz CT molecular complexity index is 542. The number of carbonyl (C=O) groups excluding carboxylic acids is 1. The fourth-order valence-electron chi connectivity index (χ4n) is 1.81. The first kappa shape index (κ1) is 17.3. The van der Waals surface area contributed by atoms with Gasteiger partial charge in [0.2, 0.25) is 0 Å². The maximum Gasteiger partial charge on any atom is 0.306 e. The molecule has 8 nitrogen and oxygen atoms in total. The van der Waals surface area contributed by atoms with E-state index in [2.05, 4.69) is 4.74 Å². The summed E-state index contributed by atoms with van der Waals surface area (Å²) in [6.45, 7) is 0.121. The van der Waals surface area contributed by atoms with Crippen molar-refractivity contribution < 1.29 is 26.4 Å². The summed E-state index contributed by atoms with van der Waals surface area (Å²) in [7, 11) is -4.32. The summed E-state index contributed by atoms with van der Waals surface area (Å²) in [4.78, 5) is 11.0. The quantitative estimate of drug-likeness (QED) is 0.591. The third kappa shape index (κ3) is 4.69. The number of hydrogen-bond acceptors (Lipinski definition) is 6. The zero-order valence-corrected chi connectivity index (χ0v) is 13.2. The summed E-state index contributed by atoms with van der Waals surface area (Å²) < 4.78 is 54.1. The molecule has 20 heavy (non-hydrogen) atoms. The van der Waals surface area contributed by atoms with Crippen LogP contribution in [0.5, 0.6) is 0 Å². The predicted octanol–water partition coefficient (Wildman–Crippen LogP) is -1.15. The number of esters is 1. The molecule has 0 aromatic rings. The summed E-state index contributed by atoms with van der Waals surface area (Å²) in [6.07, 6.45) is 0.241. The van der Waals surface area contributed by atoms with Crippen LogP contribution < -0.4 is 0 Å². The Labute approximate surface area is 119 Å². The summed E-state index contributed by atoms with van der Waals surface area (Å²) in [5.74, 6) is -0.660. The van der Waals surface area contributed by atoms with Crippen molar-refractivity contribution in [3.8, 4) is 0 Å². The van der Waals surface area contributed by atoms with Gasteiger partial charge in [0.05, 0.1) is 25.0 Å². The monoisotopic (exact) mass is 328 g/mol. The SMILES string of the molecule is COC(=O)CCN(C)S(=O)(=O)N1CCCS(=O)(=O)CC1. The molecule has 0 aromatic carbocycles. The second-order valence-corrected chi connectivity index (χ2v) is 8.90. The molecule has 0 saturated carbocycles. The molecule has 1 saturated heterocycles. The Hall–Kier alpha value is -0.710. The molecule has 1 heterocycles. The minimum atomic E-state index is -3.75. The van der Waals surface area contributed by atoms with Crippen molar-refractivity contribution in [2.24, 2.45) is 0 Å². The molecular formula is C10H20N2O6S2. The largest absolute Gasteiger partial charge is 0.469 e. The Morgan fingerprint density at radius 1 is 1.30 bits per heavy atom. The zero-order chi connectivity index (χ0) is 15.4. The van der Waals surface area contributed by atoms with Gasteiger partial charge in [-0.2, -0.15) is 17.0 Å². The Morgan fingerprint density at radius 3 is 2.55 bits per heavy atom. The maximum atomic E-state index is 12.3. The van der Waals surface area contributed by atoms with Crippen molar-refractivity contribution >= 4 is 26.0 Å². The van der Waals surface area contributed by atoms with Gasteiger partial charge in [-0.15, -0.1) is 0 Å². The maximum absolute atomic E-state index is 12.3. The van der Waals surface area contributed by atoms with Gasteiger partial charge in [-0.3, -0.25) is 4.79 Å². The molecule has 0 N–H and O–H groups in total. The normalized spacial score (nSPS) is 20.6. The molecule has 0 unspecified atom stereocenters. The average Bonchev–Trinajstić information content (AvgIpc) is 2.56. The molecule has 10 heteroatoms. The zero-order valence-electron chi connectivity index (χ0n) is 11.6. The van der Waals surface area contributed by atoms with Gasteiger partial charge in [0, 0.05) is 26.7 Å². The van der Waals surface area contributed by atoms with Crippen LogP contribution in [-0.4, -0.2) is 76.7 Å². The van der Waals surface area contributed by atoms with Crippen LogP contribution >= 0.6 is 0 Å². The van der Waals surface area contributed by atoms with E-state index in [0.717, 1.165) is 8.61 Å². The highest BCUT2D eigenvalue weighted by molar-refractivity contribution is 7.91. The number of rotatable bonds is 5. The van der Waals surface area contributed by atoms with Crippen LogP contribution in [0.3, 0.4) is 0 Å². The van der Waals surface area contributed by atoms with Crippen molar-refractivity contribution in [3.05, 3.63) is 0 Å². The molecule has 0 atom stereocenters. The third-order valence-electron chi connectivity index (χ3n) is 3.09. The molecule has 118 valence electrons. The van der Waals surface area contributed by atoms with Gasteiger partial charge in [0.25, 0.3) is 10.2 Å². The molecule has 0 radical (unpaired) electrons. The summed E-state index contributed by atoms with van der Waals surface area (Å²) >= 11 is 0. The highest BCUT2D eigenvalue weighted by Gasteiger charge is 2.30. The lowest BCUT2D eigenvalue weighted by molar-refractivity contribution is -0.140. The molecule has 1 aliphatic rings. The van der Waals surface area contributed by atoms with Crippen LogP contribution in [0.2, 0.25) is 0 Å². The predicted molar refractivity (Wildman–Crippen MR) is 73.0 cm³/mol. The highest BCUT2D eigenvalue weighted by atomic mass is 32.2. The van der Waals surface area contributed by atoms with Gasteiger partial charge < -0.3 is 4.74 Å². The molecule has 1 rings (SSSR count). The van der Waals surface area contributed by atoms with Gasteiger partial charge in [0.1, 0.15) is 0 Å². The van der Waals surface area contributed by atoms with Crippen LogP contribution in [0.25, 0.3) is 0 Å². The Morgan fingerprint density at radius 2 is 1.95 bits per heavy atom. The van der Waals surface area contributed by atoms with Crippen molar-refractivity contribution in [2.75, 3.05) is 45.3 Å². The van der Waals surface area contributed by atoms with Gasteiger partial charge in [-0.1, -0.05) is 0 Å². The van der Waals surface area contributed by atoms with Crippen molar-refractivity contribution in [2.45, 2.75) is 12.8 Å². The Kier molecular flexibility index (Phi) is 5.92. The van der Waals surface area contributed by atoms with Crippen LogP contribution in [0.1, 0.15) is 12.8 Å². The van der Waals surface area contributed by atoms with E-state index in [0.29, 0.717) is 0 Å². The van der Waals surface area contributed by atoms with Crippen LogP contribution in [-0.2, 0) is 29.6 Å². The first-order valence-corrected chi connectivity index (χ1v) is 9.39. The Balaban J connectivity index is 2.70. The molecule has 1 fully saturated rings. The second-order valence-electron chi connectivity index (χ2n) is 4.56. The molecule has 1 aliphatic heterocycles. The lowest BCUT2D eigenvalue weighted by Crippen LogP contribution is -2.43. The summed E-state index contributed by atoms with van der Waals surface area (Å²) in [5, 5.41) is 0. The number of ether oxygens (including phenoxy) is 1. The topological polar surface area (TPSA) is 101 Å². The third-order valence-corrected chi connectivity index (χ3v) is 6.80. The highest BCUT2D eigenvalue weighted by Crippen LogP contribution is 2.12. The van der Waals surface area contributed by atoms with E-state index in [-0.39, 0.29) is 44.0 Å². The standard InChI is InChI=1S/C10H20N2O6S2/c1-11(6-4-10(13)18-2)20(16,17)12-5-3-8-19(14,15)9-7-12/h3-9H2,1-2H3. The van der Waals surface area contributed by atoms with Crippen molar-refractivity contribution in [1.29, 1.82) is 0 Å². The lowest BCUT2D eigenvalue weighted by atomic mass is 10.4. The van der Waals surface area contributed by atoms with E-state index in [1.807, 2.05) is 0 Å². The van der Waals surface area contributed by atoms with E-state index in [1.54, 1.807) is 0 Å². The first-order chi connectivity index (χ1) is 9.19. The number of methoxy groups -OCH3 is 1. The molecule has 0 bridgehead atoms. The minimum absolute atomic E-state index is 0.00173. The van der Waals surface area contributed by atoms with Gasteiger partial charge in [0.15, 0.2) is 9.84 Å². The summed E-state index contributed by atoms with van der Waals surface area (Å²) in [6, 6.07) is 0. The minimum Gasteiger partial charge on any atom is -0.469 e. The van der Waals surface area contributed by atoms with Crippen LogP contribution in [0, 0.1) is 0 Å². The average molecular weight is 328 g/mol. The van der Waals surface area contributed by atoms with Crippen LogP contribution in [0.15, 0.2) is 0 Å². The number of nitrogens with zero attached hydrogens (tertiary/aromatic N) is 2. The molecule has 0 aliphatic carbocycles. The van der Waals surface area contributed by atoms with Gasteiger partial charge in [-0.05, 0) is 6.42 Å². The van der Waals surface area contributed by atoms with E-state index in [4.69, 9.17) is 0 Å². The van der Waals surface area contributed by atoms with Crippen LogP contribution in [0.4, 0.5) is 0 Å². The molecule has 0 spiro atoms. The van der Waals surface area contributed by atoms with Gasteiger partial charge in [-0.25, -0.2) is 8.42 Å². The summed E-state index contributed by atoms with van der Waals surface area (Å²) in [5.41, 5.74) is 0. The lowest BCUT2D eigenvalue weighted by Gasteiger charge is -2.25. The fraction of sp³-hybridized carbons (Fsp3) is 0.900. The van der Waals surface area contributed by atoms with Crippen molar-refractivity contribution in [3.63, 3.8) is 0 Å². The second kappa shape index (κ2) is 6.83. The fourth-order valence-corrected chi connectivity index (χ4v) is 4.59. The molecule has 0 aromatic heterocycles. The van der Waals surface area contributed by atoms with E-state index in [9.17, 15) is 21.6 Å². The number of hydrogen-bond donors (Lipinski definition) is 0. The molecular weight excluding hydrogens is 308 g/mol. The number of sulfone groups is 1. The smallest absolute Gasteiger partial charge is 0.306 e. The van der Waals surface area contributed by atoms with E-state index in [1.165, 1.54) is 14.2 Å². The van der Waals surface area contributed by atoms with Crippen molar-refractivity contribution in [1.82, 2.24) is 8.61 Å². The first-order valence-electron chi connectivity index (χ1n) is 6.18. The van der Waals surface area contributed by atoms with E-state index >= 15 is 0 Å². The number of carbonyl (C=O) groups is 1. The van der Waals surface area contributed by atoms with Gasteiger partial charge >= 0.3 is 5.97 Å². The molecule has 0 amide bonds. The van der Waals surface area contributed by atoms with E-state index < -0.39 is 26.0 Å².